The Bertz CT molecular complexity index is 1570. The summed E-state index contributed by atoms with van der Waals surface area (Å²) in [5, 5.41) is 18.8. The average molecular weight is 478 g/mol. The number of aromatic amines is 1. The smallest absolute Gasteiger partial charge is 0.360 e. The monoisotopic (exact) mass is 477 g/mol. The van der Waals surface area contributed by atoms with Gasteiger partial charge in [-0.05, 0) is 90.0 Å². The number of carbonyl (C=O) groups excluding carboxylic acids is 1. The molecule has 1 aliphatic heterocycles. The molecule has 0 aliphatic carbocycles. The van der Waals surface area contributed by atoms with E-state index in [-0.39, 0.29) is 0 Å². The van der Waals surface area contributed by atoms with E-state index in [0.717, 1.165) is 41.2 Å². The molecule has 0 bridgehead atoms. The van der Waals surface area contributed by atoms with E-state index in [4.69, 9.17) is 4.98 Å². The highest BCUT2D eigenvalue weighted by Crippen LogP contribution is 2.27. The molecule has 0 spiro atoms. The van der Waals surface area contributed by atoms with Crippen LogP contribution < -0.4 is 9.81 Å². The van der Waals surface area contributed by atoms with Gasteiger partial charge in [0, 0.05) is 29.9 Å². The number of aromatic nitrogens is 6. The molecule has 2 aromatic heterocycles. The molecule has 0 radical (unpaired) electrons. The van der Waals surface area contributed by atoms with Gasteiger partial charge in [0.1, 0.15) is 12.2 Å². The second-order valence-electron chi connectivity index (χ2n) is 8.42. The molecule has 176 valence electrons. The lowest BCUT2D eigenvalue weighted by Gasteiger charge is -2.17. The predicted octanol–water partition coefficient (Wildman–Crippen LogP) is 4.25. The maximum Gasteiger partial charge on any atom is 0.360 e. The first kappa shape index (κ1) is 21.5. The van der Waals surface area contributed by atoms with Crippen molar-refractivity contribution in [1.29, 1.82) is 0 Å². The molecule has 1 amide bonds. The van der Waals surface area contributed by atoms with Crippen molar-refractivity contribution >= 4 is 28.3 Å². The second-order valence-corrected chi connectivity index (χ2v) is 8.42. The molecule has 1 saturated heterocycles. The second kappa shape index (κ2) is 9.32. The van der Waals surface area contributed by atoms with Gasteiger partial charge in [-0.2, -0.15) is 0 Å². The number of nitrogens with one attached hydrogen (secondary N) is 1. The molecular formula is C25H21N10O+. The van der Waals surface area contributed by atoms with Gasteiger partial charge in [0.2, 0.25) is 10.0 Å². The Balaban J connectivity index is 1.16. The zero-order valence-electron chi connectivity index (χ0n) is 19.2. The van der Waals surface area contributed by atoms with Crippen LogP contribution >= 0.6 is 0 Å². The third-order valence-electron chi connectivity index (χ3n) is 6.10. The van der Waals surface area contributed by atoms with Gasteiger partial charge in [0.05, 0.1) is 16.7 Å². The topological polar surface area (TPSA) is 131 Å². The lowest BCUT2D eigenvalue weighted by molar-refractivity contribution is 0.0992. The molecule has 3 heterocycles. The highest BCUT2D eigenvalue weighted by atomic mass is 16.1. The van der Waals surface area contributed by atoms with Crippen LogP contribution in [0, 0.1) is 0 Å². The summed E-state index contributed by atoms with van der Waals surface area (Å²) in [5.74, 6) is 0.293. The summed E-state index contributed by atoms with van der Waals surface area (Å²) in [6.07, 6.45) is 3.98. The van der Waals surface area contributed by atoms with E-state index in [2.05, 4.69) is 64.8 Å². The van der Waals surface area contributed by atoms with Crippen LogP contribution in [-0.2, 0) is 0 Å². The highest BCUT2D eigenvalue weighted by molar-refractivity contribution is 5.94. The summed E-state index contributed by atoms with van der Waals surface area (Å²) in [7, 11) is 0. The first-order valence-corrected chi connectivity index (χ1v) is 11.6. The normalized spacial score (nSPS) is 13.1. The van der Waals surface area contributed by atoms with Crippen LogP contribution in [0.15, 0.2) is 83.3 Å². The number of anilines is 1. The van der Waals surface area contributed by atoms with E-state index < -0.39 is 5.91 Å². The number of hydrogen-bond donors (Lipinski definition) is 1. The first-order valence-electron chi connectivity index (χ1n) is 11.6. The van der Waals surface area contributed by atoms with Crippen molar-refractivity contribution in [3.63, 3.8) is 0 Å². The average Bonchev–Trinajstić information content (AvgIpc) is 3.71. The van der Waals surface area contributed by atoms with Crippen LogP contribution in [0.2, 0.25) is 0 Å². The fourth-order valence-corrected chi connectivity index (χ4v) is 4.21. The molecule has 1 N–H and O–H groups in total. The summed E-state index contributed by atoms with van der Waals surface area (Å²) < 4.78 is 1.49. The molecular weight excluding hydrogens is 456 g/mol. The van der Waals surface area contributed by atoms with Crippen molar-refractivity contribution < 1.29 is 4.79 Å². The van der Waals surface area contributed by atoms with Crippen LogP contribution in [0.3, 0.4) is 0 Å². The zero-order chi connectivity index (χ0) is 24.3. The van der Waals surface area contributed by atoms with E-state index in [9.17, 15) is 4.79 Å². The minimum absolute atomic E-state index is 0.384. The Hall–Kier alpha value is -5.02. The Morgan fingerprint density at radius 3 is 2.47 bits per heavy atom. The third-order valence-corrected chi connectivity index (χ3v) is 6.10. The van der Waals surface area contributed by atoms with Crippen molar-refractivity contribution in [1.82, 2.24) is 35.1 Å². The van der Waals surface area contributed by atoms with Crippen LogP contribution in [0.5, 0.6) is 0 Å². The lowest BCUT2D eigenvalue weighted by Crippen LogP contribution is -2.17. The van der Waals surface area contributed by atoms with E-state index >= 15 is 0 Å². The van der Waals surface area contributed by atoms with Crippen LogP contribution in [-0.4, -0.2) is 49.2 Å². The van der Waals surface area contributed by atoms with Gasteiger partial charge in [0.25, 0.3) is 0 Å². The third kappa shape index (κ3) is 4.38. The Kier molecular flexibility index (Phi) is 5.57. The largest absolute Gasteiger partial charge is 0.372 e. The maximum atomic E-state index is 12.3. The standard InChI is InChI=1S/C25H20N10O/c36-25(18-5-10-21(11-6-18)35-16-26-31-33-35)30-32-29-19-7-12-22-23(15-19)28-24(27-22)17-3-8-20(9-4-17)34-13-1-2-14-34/h3-12,15-16H,1-2,13-14H2/p+1. The predicted molar refractivity (Wildman–Crippen MR) is 133 cm³/mol. The fraction of sp³-hybridized carbons (Fsp3) is 0.160. The van der Waals surface area contributed by atoms with Crippen LogP contribution in [0.25, 0.3) is 28.1 Å². The summed E-state index contributed by atoms with van der Waals surface area (Å²) in [6.45, 7) is 2.24. The Morgan fingerprint density at radius 2 is 1.72 bits per heavy atom. The van der Waals surface area contributed by atoms with Gasteiger partial charge in [-0.3, -0.25) is 4.79 Å². The molecule has 1 fully saturated rings. The van der Waals surface area contributed by atoms with E-state index in [1.807, 2.05) is 12.1 Å². The highest BCUT2D eigenvalue weighted by Gasteiger charge is 2.14. The SMILES string of the molecule is O=C(N=[N+]=Nc1ccc2nc(-c3ccc(N4CCCC4)cc3)[nH]c2c1)c1ccc(-n2cnnn2)cc1. The molecule has 0 saturated carbocycles. The summed E-state index contributed by atoms with van der Waals surface area (Å²) >= 11 is 0. The molecule has 3 aromatic carbocycles. The maximum absolute atomic E-state index is 12.3. The quantitative estimate of drug-likeness (QED) is 0.297. The number of amides is 1. The number of H-pyrrole nitrogens is 1. The van der Waals surface area contributed by atoms with E-state index in [1.165, 1.54) is 29.5 Å². The number of rotatable bonds is 5. The minimum Gasteiger partial charge on any atom is -0.372 e. The van der Waals surface area contributed by atoms with Crippen molar-refractivity contribution in [2.75, 3.05) is 18.0 Å². The molecule has 11 heteroatoms. The number of nitrogens with zero attached hydrogens (tertiary/aromatic N) is 9. The molecule has 5 aromatic rings. The number of hydrogen-bond acceptors (Lipinski definition) is 7. The summed E-state index contributed by atoms with van der Waals surface area (Å²) in [6, 6.07) is 20.7. The van der Waals surface area contributed by atoms with Crippen LogP contribution in [0.4, 0.5) is 11.4 Å². The number of tetrazole rings is 1. The first-order chi connectivity index (χ1) is 17.7. The lowest BCUT2D eigenvalue weighted by atomic mass is 10.2. The van der Waals surface area contributed by atoms with Gasteiger partial charge in [0.15, 0.2) is 10.8 Å². The number of carbonyl (C=O) groups is 1. The van der Waals surface area contributed by atoms with Gasteiger partial charge >= 0.3 is 5.91 Å². The van der Waals surface area contributed by atoms with Crippen molar-refractivity contribution in [2.45, 2.75) is 12.8 Å². The number of fused-ring (bicyclic) bond motifs is 1. The van der Waals surface area contributed by atoms with Crippen molar-refractivity contribution in [2.24, 2.45) is 10.2 Å². The van der Waals surface area contributed by atoms with Gasteiger partial charge in [-0.25, -0.2) is 9.67 Å². The van der Waals surface area contributed by atoms with Gasteiger partial charge < -0.3 is 9.88 Å². The van der Waals surface area contributed by atoms with E-state index in [0.29, 0.717) is 11.3 Å². The Morgan fingerprint density at radius 1 is 0.944 bits per heavy atom. The van der Waals surface area contributed by atoms with Crippen molar-refractivity contribution in [3.05, 3.63) is 78.6 Å². The molecule has 0 unspecified atom stereocenters. The number of benzene rings is 3. The summed E-state index contributed by atoms with van der Waals surface area (Å²) in [5.41, 5.74) is 5.59. The zero-order valence-corrected chi connectivity index (χ0v) is 19.2. The molecule has 1 aliphatic rings. The molecule has 6 rings (SSSR count). The van der Waals surface area contributed by atoms with Gasteiger partial charge in [-0.1, -0.05) is 0 Å². The number of imidazole rings is 1. The molecule has 0 atom stereocenters. The molecule has 11 nitrogen and oxygen atoms in total. The Labute approximate surface area is 205 Å². The van der Waals surface area contributed by atoms with E-state index in [1.54, 1.807) is 30.3 Å². The summed E-state index contributed by atoms with van der Waals surface area (Å²) in [4.78, 5) is 26.5. The minimum atomic E-state index is -0.496. The van der Waals surface area contributed by atoms with Crippen molar-refractivity contribution in [3.8, 4) is 17.1 Å². The van der Waals surface area contributed by atoms with Gasteiger partial charge in [-0.15, -0.1) is 5.10 Å². The van der Waals surface area contributed by atoms with Crippen LogP contribution in [0.1, 0.15) is 23.2 Å². The molecule has 36 heavy (non-hydrogen) atoms. The fourth-order valence-electron chi connectivity index (χ4n) is 4.21.